The van der Waals surface area contributed by atoms with Crippen LogP contribution in [0.5, 0.6) is 5.75 Å². The fraction of sp³-hybridized carbons (Fsp3) is 0.120. The van der Waals surface area contributed by atoms with E-state index >= 15 is 0 Å². The van der Waals surface area contributed by atoms with Gasteiger partial charge in [-0.25, -0.2) is 0 Å². The summed E-state index contributed by atoms with van der Waals surface area (Å²) in [6.07, 6.45) is 0. The Hall–Kier alpha value is -4.05. The van der Waals surface area contributed by atoms with Gasteiger partial charge >= 0.3 is 6.61 Å². The topological polar surface area (TPSA) is 86.1 Å². The highest BCUT2D eigenvalue weighted by molar-refractivity contribution is 7.99. The zero-order valence-corrected chi connectivity index (χ0v) is 19.3. The highest BCUT2D eigenvalue weighted by Gasteiger charge is 2.18. The minimum atomic E-state index is -2.96. The minimum Gasteiger partial charge on any atom is -0.435 e. The van der Waals surface area contributed by atoms with Crippen LogP contribution in [-0.2, 0) is 4.79 Å². The molecule has 0 saturated carbocycles. The van der Waals surface area contributed by atoms with E-state index in [0.717, 1.165) is 28.6 Å². The van der Waals surface area contributed by atoms with E-state index in [2.05, 4.69) is 20.3 Å². The Balaban J connectivity index is 1.47. The van der Waals surface area contributed by atoms with Crippen molar-refractivity contribution in [3.05, 3.63) is 90.0 Å². The summed E-state index contributed by atoms with van der Waals surface area (Å²) in [6.45, 7) is -0.970. The fourth-order valence-electron chi connectivity index (χ4n) is 3.22. The maximum Gasteiger partial charge on any atom is 0.387 e. The second-order valence-electron chi connectivity index (χ2n) is 7.41. The van der Waals surface area contributed by atoms with Crippen LogP contribution in [0.25, 0.3) is 17.1 Å². The normalized spacial score (nSPS) is 10.9. The summed E-state index contributed by atoms with van der Waals surface area (Å²) in [5.74, 6) is -0.726. The van der Waals surface area contributed by atoms with Crippen LogP contribution in [-0.4, -0.2) is 38.9 Å². The third kappa shape index (κ3) is 6.10. The van der Waals surface area contributed by atoms with E-state index in [1.165, 1.54) is 24.3 Å². The molecule has 4 aromatic rings. The van der Waals surface area contributed by atoms with Gasteiger partial charge in [0.25, 0.3) is 5.91 Å². The monoisotopic (exact) mass is 494 g/mol. The van der Waals surface area contributed by atoms with Gasteiger partial charge in [0.2, 0.25) is 5.91 Å². The maximum absolute atomic E-state index is 12.4. The highest BCUT2D eigenvalue weighted by atomic mass is 32.2. The zero-order chi connectivity index (χ0) is 24.8. The average Bonchev–Trinajstić information content (AvgIpc) is 3.28. The number of imide groups is 1. The van der Waals surface area contributed by atoms with Crippen molar-refractivity contribution >= 4 is 23.6 Å². The number of carbonyl (C=O) groups excluding carboxylic acids is 2. The van der Waals surface area contributed by atoms with Crippen LogP contribution in [0.4, 0.5) is 8.78 Å². The molecule has 35 heavy (non-hydrogen) atoms. The van der Waals surface area contributed by atoms with Crippen LogP contribution >= 0.6 is 11.8 Å². The van der Waals surface area contributed by atoms with Crippen LogP contribution in [0.1, 0.15) is 15.9 Å². The van der Waals surface area contributed by atoms with Gasteiger partial charge in [-0.1, -0.05) is 59.8 Å². The quantitative estimate of drug-likeness (QED) is 0.351. The van der Waals surface area contributed by atoms with Crippen molar-refractivity contribution < 1.29 is 23.1 Å². The third-order valence-electron chi connectivity index (χ3n) is 4.88. The van der Waals surface area contributed by atoms with Crippen molar-refractivity contribution in [1.82, 2.24) is 20.1 Å². The lowest BCUT2D eigenvalue weighted by atomic mass is 10.2. The second-order valence-corrected chi connectivity index (χ2v) is 8.35. The first-order valence-corrected chi connectivity index (χ1v) is 11.5. The van der Waals surface area contributed by atoms with E-state index in [-0.39, 0.29) is 17.1 Å². The molecule has 0 saturated heterocycles. The lowest BCUT2D eigenvalue weighted by molar-refractivity contribution is -0.117. The largest absolute Gasteiger partial charge is 0.435 e. The average molecular weight is 495 g/mol. The molecule has 0 radical (unpaired) electrons. The standard InChI is InChI=1S/C25H20F2N4O3S/c1-16-7-11-19(12-8-16)31-22(17-5-3-2-4-6-17)29-30-25(31)35-15-21(32)28-23(33)18-9-13-20(14-10-18)34-24(26)27/h2-14,24H,15H2,1H3,(H,28,32,33). The minimum absolute atomic E-state index is 0.0805. The molecule has 1 heterocycles. The first-order chi connectivity index (χ1) is 16.9. The molecule has 10 heteroatoms. The SMILES string of the molecule is Cc1ccc(-n2c(SCC(=O)NC(=O)c3ccc(OC(F)F)cc3)nnc2-c2ccccc2)cc1. The summed E-state index contributed by atoms with van der Waals surface area (Å²) in [6, 6.07) is 22.5. The summed E-state index contributed by atoms with van der Waals surface area (Å²) in [5, 5.41) is 11.4. The third-order valence-corrected chi connectivity index (χ3v) is 5.81. The number of halogens is 2. The molecular formula is C25H20F2N4O3S. The van der Waals surface area contributed by atoms with Gasteiger partial charge in [-0.05, 0) is 43.3 Å². The Morgan fingerprint density at radius 1 is 0.971 bits per heavy atom. The Morgan fingerprint density at radius 3 is 2.31 bits per heavy atom. The lowest BCUT2D eigenvalue weighted by Crippen LogP contribution is -2.31. The van der Waals surface area contributed by atoms with Gasteiger partial charge in [0, 0.05) is 16.8 Å². The molecular weight excluding hydrogens is 474 g/mol. The van der Waals surface area contributed by atoms with Crippen LogP contribution in [0, 0.1) is 6.92 Å². The number of hydrogen-bond donors (Lipinski definition) is 1. The molecule has 1 aromatic heterocycles. The number of thioether (sulfide) groups is 1. The van der Waals surface area contributed by atoms with Crippen molar-refractivity contribution in [3.8, 4) is 22.8 Å². The summed E-state index contributed by atoms with van der Waals surface area (Å²) in [5.41, 5.74) is 2.94. The number of alkyl halides is 2. The molecule has 0 bridgehead atoms. The highest BCUT2D eigenvalue weighted by Crippen LogP contribution is 2.28. The number of amides is 2. The molecule has 0 aliphatic carbocycles. The number of rotatable bonds is 8. The molecule has 2 amide bonds. The number of nitrogens with one attached hydrogen (secondary N) is 1. The van der Waals surface area contributed by atoms with Gasteiger partial charge in [-0.2, -0.15) is 8.78 Å². The smallest absolute Gasteiger partial charge is 0.387 e. The van der Waals surface area contributed by atoms with Gasteiger partial charge in [0.05, 0.1) is 5.75 Å². The van der Waals surface area contributed by atoms with E-state index in [1.54, 1.807) is 0 Å². The Kier molecular flexibility index (Phi) is 7.51. The second kappa shape index (κ2) is 10.9. The zero-order valence-electron chi connectivity index (χ0n) is 18.5. The molecule has 3 aromatic carbocycles. The van der Waals surface area contributed by atoms with Crippen molar-refractivity contribution in [3.63, 3.8) is 0 Å². The fourth-order valence-corrected chi connectivity index (χ4v) is 3.97. The van der Waals surface area contributed by atoms with E-state index in [1.807, 2.05) is 66.1 Å². The molecule has 1 N–H and O–H groups in total. The molecule has 4 rings (SSSR count). The Bertz CT molecular complexity index is 1310. The van der Waals surface area contributed by atoms with Crippen LogP contribution < -0.4 is 10.1 Å². The van der Waals surface area contributed by atoms with Crippen LogP contribution in [0.3, 0.4) is 0 Å². The summed E-state index contributed by atoms with van der Waals surface area (Å²) < 4.78 is 30.7. The maximum atomic E-state index is 12.4. The van der Waals surface area contributed by atoms with Crippen molar-refractivity contribution in [2.24, 2.45) is 0 Å². The number of aromatic nitrogens is 3. The summed E-state index contributed by atoms with van der Waals surface area (Å²) >= 11 is 1.14. The van der Waals surface area contributed by atoms with Gasteiger partial charge in [0.15, 0.2) is 11.0 Å². The number of aryl methyl sites for hydroxylation is 1. The van der Waals surface area contributed by atoms with Gasteiger partial charge in [-0.3, -0.25) is 19.5 Å². The molecule has 0 fully saturated rings. The molecule has 0 spiro atoms. The predicted octanol–water partition coefficient (Wildman–Crippen LogP) is 4.89. The van der Waals surface area contributed by atoms with Crippen molar-refractivity contribution in [2.75, 3.05) is 5.75 Å². The molecule has 0 aliphatic rings. The van der Waals surface area contributed by atoms with Gasteiger partial charge in [-0.15, -0.1) is 10.2 Å². The molecule has 178 valence electrons. The van der Waals surface area contributed by atoms with E-state index in [0.29, 0.717) is 11.0 Å². The molecule has 7 nitrogen and oxygen atoms in total. The number of carbonyl (C=O) groups is 2. The lowest BCUT2D eigenvalue weighted by Gasteiger charge is -2.11. The van der Waals surface area contributed by atoms with Crippen LogP contribution in [0.2, 0.25) is 0 Å². The Morgan fingerprint density at radius 2 is 1.66 bits per heavy atom. The summed E-state index contributed by atoms with van der Waals surface area (Å²) in [4.78, 5) is 24.8. The molecule has 0 aliphatic heterocycles. The van der Waals surface area contributed by atoms with Crippen molar-refractivity contribution in [2.45, 2.75) is 18.7 Å². The first-order valence-electron chi connectivity index (χ1n) is 10.5. The van der Waals surface area contributed by atoms with Crippen molar-refractivity contribution in [1.29, 1.82) is 0 Å². The number of nitrogens with zero attached hydrogens (tertiary/aromatic N) is 3. The van der Waals surface area contributed by atoms with E-state index in [9.17, 15) is 18.4 Å². The van der Waals surface area contributed by atoms with E-state index in [4.69, 9.17) is 0 Å². The predicted molar refractivity (Wildman–Crippen MR) is 128 cm³/mol. The number of hydrogen-bond acceptors (Lipinski definition) is 6. The summed E-state index contributed by atoms with van der Waals surface area (Å²) in [7, 11) is 0. The molecule has 0 atom stereocenters. The van der Waals surface area contributed by atoms with Gasteiger partial charge in [0.1, 0.15) is 5.75 Å². The van der Waals surface area contributed by atoms with E-state index < -0.39 is 18.4 Å². The van der Waals surface area contributed by atoms with Gasteiger partial charge < -0.3 is 4.74 Å². The molecule has 0 unspecified atom stereocenters. The first kappa shape index (κ1) is 24.1. The Labute approximate surface area is 204 Å². The van der Waals surface area contributed by atoms with Crippen LogP contribution in [0.15, 0.2) is 84.0 Å². The number of benzene rings is 3. The number of ether oxygens (including phenoxy) is 1.